The third kappa shape index (κ3) is 5.28. The molecule has 1 amide bonds. The highest BCUT2D eigenvalue weighted by atomic mass is 32.2. The van der Waals surface area contributed by atoms with E-state index in [-0.39, 0.29) is 10.6 Å². The molecule has 0 atom stereocenters. The lowest BCUT2D eigenvalue weighted by Crippen LogP contribution is -2.39. The monoisotopic (exact) mass is 439 g/mol. The molecule has 0 bridgehead atoms. The molecule has 31 heavy (non-hydrogen) atoms. The normalized spacial score (nSPS) is 11.2. The fourth-order valence-corrected chi connectivity index (χ4v) is 4.09. The second-order valence-electron chi connectivity index (χ2n) is 6.12. The van der Waals surface area contributed by atoms with Crippen molar-refractivity contribution in [2.45, 2.75) is 4.90 Å². The van der Waals surface area contributed by atoms with E-state index in [4.69, 9.17) is 0 Å². The summed E-state index contributed by atoms with van der Waals surface area (Å²) in [6, 6.07) is 17.8. The van der Waals surface area contributed by atoms with Crippen LogP contribution < -0.4 is 9.73 Å². The van der Waals surface area contributed by atoms with E-state index < -0.39 is 33.1 Å². The maximum absolute atomic E-state index is 13.2. The number of benzene rings is 2. The van der Waals surface area contributed by atoms with Crippen LogP contribution >= 0.6 is 0 Å². The number of aromatic nitrogens is 1. The highest BCUT2D eigenvalue weighted by Gasteiger charge is 2.31. The van der Waals surface area contributed by atoms with Crippen molar-refractivity contribution in [3.05, 3.63) is 94.8 Å². The minimum atomic E-state index is -4.28. The number of carbonyl (C=O) groups is 1. The fraction of sp³-hybridized carbons (Fsp3) is 0.0500. The summed E-state index contributed by atoms with van der Waals surface area (Å²) < 4.78 is 27.1. The quantitative estimate of drug-likeness (QED) is 0.325. The summed E-state index contributed by atoms with van der Waals surface area (Å²) in [6.45, 7) is -0.721. The van der Waals surface area contributed by atoms with Gasteiger partial charge in [0.2, 0.25) is 0 Å². The molecule has 0 saturated carbocycles. The molecule has 1 heterocycles. The van der Waals surface area contributed by atoms with Crippen LogP contribution in [0.3, 0.4) is 0 Å². The van der Waals surface area contributed by atoms with E-state index in [9.17, 15) is 23.3 Å². The van der Waals surface area contributed by atoms with Gasteiger partial charge in [-0.3, -0.25) is 19.9 Å². The zero-order valence-electron chi connectivity index (χ0n) is 16.0. The van der Waals surface area contributed by atoms with Gasteiger partial charge in [0.25, 0.3) is 21.6 Å². The summed E-state index contributed by atoms with van der Waals surface area (Å²) in [5.41, 5.74) is 2.01. The van der Waals surface area contributed by atoms with E-state index in [0.717, 1.165) is 0 Å². The highest BCUT2D eigenvalue weighted by Crippen LogP contribution is 2.31. The van der Waals surface area contributed by atoms with Crippen molar-refractivity contribution in [3.8, 4) is 0 Å². The first-order valence-corrected chi connectivity index (χ1v) is 10.4. The van der Waals surface area contributed by atoms with Gasteiger partial charge >= 0.3 is 0 Å². The van der Waals surface area contributed by atoms with Gasteiger partial charge in [0.05, 0.1) is 21.7 Å². The minimum absolute atomic E-state index is 0.113. The van der Waals surface area contributed by atoms with Crippen molar-refractivity contribution in [2.24, 2.45) is 5.10 Å². The number of hydrogen-bond donors (Lipinski definition) is 1. The first kappa shape index (κ1) is 21.6. The molecule has 1 N–H and O–H groups in total. The van der Waals surface area contributed by atoms with E-state index >= 15 is 0 Å². The van der Waals surface area contributed by atoms with Gasteiger partial charge in [0, 0.05) is 12.3 Å². The standard InChI is InChI=1S/C20H17N5O5S/c26-20(23-22-14-16-8-6-7-13-21-16)15-24(18-11-4-5-12-19(18)25(27)28)31(29,30)17-9-2-1-3-10-17/h1-14H,15H2,(H,23,26)/b22-14-. The van der Waals surface area contributed by atoms with Crippen LogP contribution in [0.25, 0.3) is 0 Å². The second kappa shape index (κ2) is 9.59. The van der Waals surface area contributed by atoms with E-state index in [1.54, 1.807) is 30.5 Å². The zero-order valence-corrected chi connectivity index (χ0v) is 16.8. The van der Waals surface area contributed by atoms with Gasteiger partial charge < -0.3 is 0 Å². The molecule has 1 aromatic heterocycles. The summed E-state index contributed by atoms with van der Waals surface area (Å²) in [5.74, 6) is -0.787. The molecule has 3 rings (SSSR count). The Balaban J connectivity index is 1.92. The predicted molar refractivity (Wildman–Crippen MR) is 114 cm³/mol. The van der Waals surface area contributed by atoms with Crippen molar-refractivity contribution in [2.75, 3.05) is 10.8 Å². The molecular formula is C20H17N5O5S. The number of rotatable bonds is 8. The molecule has 0 unspecified atom stereocenters. The topological polar surface area (TPSA) is 135 Å². The number of para-hydroxylation sites is 2. The third-order valence-electron chi connectivity index (χ3n) is 4.04. The number of nitro benzene ring substituents is 1. The summed E-state index contributed by atoms with van der Waals surface area (Å²) in [5, 5.41) is 15.2. The summed E-state index contributed by atoms with van der Waals surface area (Å²) in [7, 11) is -4.28. The van der Waals surface area contributed by atoms with E-state index in [1.807, 2.05) is 0 Å². The zero-order chi connectivity index (χ0) is 22.3. The van der Waals surface area contributed by atoms with Crippen LogP contribution in [0.4, 0.5) is 11.4 Å². The lowest BCUT2D eigenvalue weighted by atomic mass is 10.2. The fourth-order valence-electron chi connectivity index (χ4n) is 2.64. The molecule has 0 aliphatic heterocycles. The van der Waals surface area contributed by atoms with E-state index in [2.05, 4.69) is 15.5 Å². The van der Waals surface area contributed by atoms with Crippen LogP contribution in [0, 0.1) is 10.1 Å². The number of nitro groups is 1. The molecule has 0 spiro atoms. The smallest absolute Gasteiger partial charge is 0.271 e. The molecule has 0 aliphatic rings. The maximum Gasteiger partial charge on any atom is 0.293 e. The van der Waals surface area contributed by atoms with Gasteiger partial charge in [-0.25, -0.2) is 18.1 Å². The molecule has 11 heteroatoms. The number of carbonyl (C=O) groups excluding carboxylic acids is 1. The Bertz CT molecular complexity index is 1200. The van der Waals surface area contributed by atoms with Crippen LogP contribution in [0.15, 0.2) is 89.0 Å². The number of sulfonamides is 1. The van der Waals surface area contributed by atoms with Crippen LogP contribution in [0.1, 0.15) is 5.69 Å². The number of anilines is 1. The van der Waals surface area contributed by atoms with Crippen molar-refractivity contribution >= 4 is 33.5 Å². The molecule has 158 valence electrons. The van der Waals surface area contributed by atoms with E-state index in [0.29, 0.717) is 10.00 Å². The van der Waals surface area contributed by atoms with E-state index in [1.165, 1.54) is 54.7 Å². The number of amides is 1. The van der Waals surface area contributed by atoms with Crippen LogP contribution in [0.5, 0.6) is 0 Å². The lowest BCUT2D eigenvalue weighted by molar-refractivity contribution is -0.384. The minimum Gasteiger partial charge on any atom is -0.271 e. The number of hydrazone groups is 1. The largest absolute Gasteiger partial charge is 0.293 e. The van der Waals surface area contributed by atoms with Gasteiger partial charge in [-0.2, -0.15) is 5.10 Å². The Morgan fingerprint density at radius 1 is 1.06 bits per heavy atom. The van der Waals surface area contributed by atoms with Crippen LogP contribution in [-0.4, -0.2) is 37.0 Å². The van der Waals surface area contributed by atoms with Crippen LogP contribution in [0.2, 0.25) is 0 Å². The highest BCUT2D eigenvalue weighted by molar-refractivity contribution is 7.92. The van der Waals surface area contributed by atoms with Gasteiger partial charge in [0.15, 0.2) is 0 Å². The Labute approximate surface area is 178 Å². The molecule has 0 fully saturated rings. The third-order valence-corrected chi connectivity index (χ3v) is 5.81. The first-order chi connectivity index (χ1) is 14.9. The Morgan fingerprint density at radius 2 is 1.74 bits per heavy atom. The average molecular weight is 439 g/mol. The molecule has 0 saturated heterocycles. The Kier molecular flexibility index (Phi) is 6.67. The number of hydrogen-bond acceptors (Lipinski definition) is 7. The molecule has 2 aromatic carbocycles. The van der Waals surface area contributed by atoms with Crippen molar-refractivity contribution in [1.29, 1.82) is 0 Å². The van der Waals surface area contributed by atoms with Crippen LogP contribution in [-0.2, 0) is 14.8 Å². The summed E-state index contributed by atoms with van der Waals surface area (Å²) in [6.07, 6.45) is 2.84. The molecule has 0 radical (unpaired) electrons. The van der Waals surface area contributed by atoms with Gasteiger partial charge in [-0.15, -0.1) is 0 Å². The average Bonchev–Trinajstić information content (AvgIpc) is 2.78. The van der Waals surface area contributed by atoms with Crippen molar-refractivity contribution in [1.82, 2.24) is 10.4 Å². The Morgan fingerprint density at radius 3 is 2.42 bits per heavy atom. The SMILES string of the molecule is O=C(CN(c1ccccc1[N+](=O)[O-])S(=O)(=O)c1ccccc1)N/N=C\c1ccccn1. The maximum atomic E-state index is 13.2. The van der Waals surface area contributed by atoms with Crippen molar-refractivity contribution < 1.29 is 18.1 Å². The number of nitrogens with one attached hydrogen (secondary N) is 1. The first-order valence-electron chi connectivity index (χ1n) is 8.94. The lowest BCUT2D eigenvalue weighted by Gasteiger charge is -2.23. The summed E-state index contributed by atoms with van der Waals surface area (Å²) >= 11 is 0. The number of nitrogens with zero attached hydrogens (tertiary/aromatic N) is 4. The molecule has 3 aromatic rings. The predicted octanol–water partition coefficient (Wildman–Crippen LogP) is 2.34. The molecule has 10 nitrogen and oxygen atoms in total. The van der Waals surface area contributed by atoms with Gasteiger partial charge in [0.1, 0.15) is 12.2 Å². The Hall–Kier alpha value is -4.12. The molecular weight excluding hydrogens is 422 g/mol. The molecule has 0 aliphatic carbocycles. The summed E-state index contributed by atoms with van der Waals surface area (Å²) in [4.78, 5) is 27.1. The number of pyridine rings is 1. The van der Waals surface area contributed by atoms with Gasteiger partial charge in [-0.05, 0) is 30.3 Å². The van der Waals surface area contributed by atoms with Gasteiger partial charge in [-0.1, -0.05) is 36.4 Å². The van der Waals surface area contributed by atoms with Crippen molar-refractivity contribution in [3.63, 3.8) is 0 Å². The second-order valence-corrected chi connectivity index (χ2v) is 7.98.